The highest BCUT2D eigenvalue weighted by atomic mass is 16.4. The monoisotopic (exact) mass is 263 g/mol. The Morgan fingerprint density at radius 2 is 2.00 bits per heavy atom. The summed E-state index contributed by atoms with van der Waals surface area (Å²) < 4.78 is 0. The van der Waals surface area contributed by atoms with Crippen LogP contribution in [0.25, 0.3) is 0 Å². The molecular weight excluding hydrogens is 242 g/mol. The molecule has 0 aliphatic heterocycles. The molecule has 1 saturated carbocycles. The van der Waals surface area contributed by atoms with Crippen LogP contribution in [0.15, 0.2) is 12.4 Å². The summed E-state index contributed by atoms with van der Waals surface area (Å²) in [6.45, 7) is 4.07. The van der Waals surface area contributed by atoms with Gasteiger partial charge in [0.15, 0.2) is 0 Å². The van der Waals surface area contributed by atoms with Crippen LogP contribution in [0.5, 0.6) is 0 Å². The molecule has 0 spiro atoms. The average Bonchev–Trinajstić information content (AvgIpc) is 2.42. The molecule has 104 valence electrons. The Balaban J connectivity index is 2.12. The number of aromatic nitrogens is 2. The third-order valence-corrected chi connectivity index (χ3v) is 4.08. The molecule has 0 aromatic carbocycles. The third-order valence-electron chi connectivity index (χ3n) is 4.08. The van der Waals surface area contributed by atoms with Crippen LogP contribution in [-0.4, -0.2) is 26.6 Å². The first-order valence-corrected chi connectivity index (χ1v) is 6.86. The second-order valence-electron chi connectivity index (χ2n) is 5.45. The fraction of sp³-hybridized carbons (Fsp3) is 0.643. The molecule has 19 heavy (non-hydrogen) atoms. The molecule has 2 rings (SSSR count). The number of nitrogens with one attached hydrogen (secondary N) is 1. The van der Waals surface area contributed by atoms with Crippen LogP contribution in [0.1, 0.15) is 44.6 Å². The molecule has 1 aliphatic carbocycles. The summed E-state index contributed by atoms with van der Waals surface area (Å²) in [6, 6.07) is 0. The van der Waals surface area contributed by atoms with Crippen molar-refractivity contribution in [2.24, 2.45) is 5.92 Å². The Kier molecular flexibility index (Phi) is 4.02. The highest BCUT2D eigenvalue weighted by Crippen LogP contribution is 2.35. The maximum absolute atomic E-state index is 11.6. The lowest BCUT2D eigenvalue weighted by molar-refractivity contribution is -0.143. The normalized spacial score (nSPS) is 26.9. The lowest BCUT2D eigenvalue weighted by Crippen LogP contribution is -2.49. The predicted molar refractivity (Wildman–Crippen MR) is 73.0 cm³/mol. The zero-order valence-electron chi connectivity index (χ0n) is 11.5. The maximum Gasteiger partial charge on any atom is 0.329 e. The predicted octanol–water partition coefficient (Wildman–Crippen LogP) is 2.62. The maximum atomic E-state index is 11.6. The van der Waals surface area contributed by atoms with Gasteiger partial charge in [-0.1, -0.05) is 13.3 Å². The SMILES string of the molecule is CCC1CCC(Nc2ncc(C)cn2)(C(=O)O)CC1. The van der Waals surface area contributed by atoms with Crippen LogP contribution in [0.3, 0.4) is 0 Å². The van der Waals surface area contributed by atoms with Gasteiger partial charge < -0.3 is 10.4 Å². The summed E-state index contributed by atoms with van der Waals surface area (Å²) in [7, 11) is 0. The number of hydrogen-bond donors (Lipinski definition) is 2. The Morgan fingerprint density at radius 3 is 2.47 bits per heavy atom. The summed E-state index contributed by atoms with van der Waals surface area (Å²) in [5, 5.41) is 12.6. The molecule has 1 aromatic rings. The van der Waals surface area contributed by atoms with Crippen molar-refractivity contribution < 1.29 is 9.90 Å². The molecule has 0 bridgehead atoms. The van der Waals surface area contributed by atoms with Crippen molar-refractivity contribution in [2.45, 2.75) is 51.5 Å². The van der Waals surface area contributed by atoms with E-state index in [2.05, 4.69) is 22.2 Å². The zero-order valence-corrected chi connectivity index (χ0v) is 11.5. The number of hydrogen-bond acceptors (Lipinski definition) is 4. The second-order valence-corrected chi connectivity index (χ2v) is 5.45. The number of nitrogens with zero attached hydrogens (tertiary/aromatic N) is 2. The van der Waals surface area contributed by atoms with E-state index in [1.807, 2.05) is 6.92 Å². The van der Waals surface area contributed by atoms with E-state index in [-0.39, 0.29) is 0 Å². The van der Waals surface area contributed by atoms with Crippen molar-refractivity contribution in [1.29, 1.82) is 0 Å². The van der Waals surface area contributed by atoms with E-state index < -0.39 is 11.5 Å². The summed E-state index contributed by atoms with van der Waals surface area (Å²) in [4.78, 5) is 19.9. The first-order valence-electron chi connectivity index (χ1n) is 6.86. The number of anilines is 1. The number of aryl methyl sites for hydroxylation is 1. The van der Waals surface area contributed by atoms with Crippen LogP contribution in [0, 0.1) is 12.8 Å². The number of aliphatic carboxylic acids is 1. The van der Waals surface area contributed by atoms with E-state index >= 15 is 0 Å². The minimum Gasteiger partial charge on any atom is -0.480 e. The molecule has 1 aliphatic rings. The van der Waals surface area contributed by atoms with Gasteiger partial charge in [0.05, 0.1) is 0 Å². The fourth-order valence-corrected chi connectivity index (χ4v) is 2.64. The van der Waals surface area contributed by atoms with Gasteiger partial charge in [0.1, 0.15) is 5.54 Å². The molecule has 0 amide bonds. The highest BCUT2D eigenvalue weighted by Gasteiger charge is 2.42. The van der Waals surface area contributed by atoms with Crippen LogP contribution in [0.4, 0.5) is 5.95 Å². The number of carbonyl (C=O) groups is 1. The van der Waals surface area contributed by atoms with Crippen molar-refractivity contribution in [3.05, 3.63) is 18.0 Å². The number of carboxylic acid groups (broad SMARTS) is 1. The van der Waals surface area contributed by atoms with Gasteiger partial charge in [-0.05, 0) is 44.1 Å². The van der Waals surface area contributed by atoms with Crippen molar-refractivity contribution in [3.63, 3.8) is 0 Å². The largest absolute Gasteiger partial charge is 0.480 e. The van der Waals surface area contributed by atoms with E-state index in [0.717, 1.165) is 24.8 Å². The molecule has 0 radical (unpaired) electrons. The second kappa shape index (κ2) is 5.55. The third kappa shape index (κ3) is 3.03. The summed E-state index contributed by atoms with van der Waals surface area (Å²) in [5.74, 6) is 0.252. The quantitative estimate of drug-likeness (QED) is 0.873. The lowest BCUT2D eigenvalue weighted by Gasteiger charge is -2.37. The molecule has 0 unspecified atom stereocenters. The minimum absolute atomic E-state index is 0.406. The van der Waals surface area contributed by atoms with Gasteiger partial charge >= 0.3 is 5.97 Å². The van der Waals surface area contributed by atoms with Crippen LogP contribution in [0.2, 0.25) is 0 Å². The van der Waals surface area contributed by atoms with E-state index in [1.54, 1.807) is 12.4 Å². The van der Waals surface area contributed by atoms with Gasteiger partial charge in [0, 0.05) is 12.4 Å². The molecule has 1 fully saturated rings. The van der Waals surface area contributed by atoms with Crippen LogP contribution < -0.4 is 5.32 Å². The first kappa shape index (κ1) is 13.8. The Bertz CT molecular complexity index is 437. The van der Waals surface area contributed by atoms with Gasteiger partial charge in [0.2, 0.25) is 5.95 Å². The first-order chi connectivity index (χ1) is 9.05. The number of rotatable bonds is 4. The van der Waals surface area contributed by atoms with Crippen LogP contribution >= 0.6 is 0 Å². The lowest BCUT2D eigenvalue weighted by atomic mass is 9.75. The Labute approximate surface area is 113 Å². The zero-order chi connectivity index (χ0) is 13.9. The molecule has 5 heteroatoms. The highest BCUT2D eigenvalue weighted by molar-refractivity contribution is 5.82. The fourth-order valence-electron chi connectivity index (χ4n) is 2.64. The van der Waals surface area contributed by atoms with Crippen molar-refractivity contribution in [1.82, 2.24) is 9.97 Å². The van der Waals surface area contributed by atoms with E-state index in [4.69, 9.17) is 0 Å². The van der Waals surface area contributed by atoms with E-state index in [1.165, 1.54) is 0 Å². The molecule has 1 aromatic heterocycles. The van der Waals surface area contributed by atoms with Gasteiger partial charge in [-0.3, -0.25) is 0 Å². The molecule has 5 nitrogen and oxygen atoms in total. The average molecular weight is 263 g/mol. The topological polar surface area (TPSA) is 75.1 Å². The molecular formula is C14H21N3O2. The smallest absolute Gasteiger partial charge is 0.329 e. The Morgan fingerprint density at radius 1 is 1.42 bits per heavy atom. The van der Waals surface area contributed by atoms with Gasteiger partial charge in [-0.2, -0.15) is 0 Å². The molecule has 2 N–H and O–H groups in total. The molecule has 0 atom stereocenters. The summed E-state index contributed by atoms with van der Waals surface area (Å²) in [6.07, 6.45) is 7.68. The van der Waals surface area contributed by atoms with E-state index in [0.29, 0.717) is 24.7 Å². The van der Waals surface area contributed by atoms with E-state index in [9.17, 15) is 9.90 Å². The summed E-state index contributed by atoms with van der Waals surface area (Å²) in [5.41, 5.74) is 0.0608. The number of carboxylic acids is 1. The van der Waals surface area contributed by atoms with Gasteiger partial charge in [-0.25, -0.2) is 14.8 Å². The molecule has 0 saturated heterocycles. The van der Waals surface area contributed by atoms with Gasteiger partial charge in [0.25, 0.3) is 0 Å². The van der Waals surface area contributed by atoms with Crippen LogP contribution in [-0.2, 0) is 4.79 Å². The van der Waals surface area contributed by atoms with Crippen molar-refractivity contribution in [2.75, 3.05) is 5.32 Å². The standard InChI is InChI=1S/C14H21N3O2/c1-3-11-4-6-14(7-5-11,12(18)19)17-13-15-8-10(2)9-16-13/h8-9,11H,3-7H2,1-2H3,(H,18,19)(H,15,16,17). The minimum atomic E-state index is -0.902. The molecule has 1 heterocycles. The van der Waals surface area contributed by atoms with Gasteiger partial charge in [-0.15, -0.1) is 0 Å². The summed E-state index contributed by atoms with van der Waals surface area (Å²) >= 11 is 0. The Hall–Kier alpha value is -1.65. The van der Waals surface area contributed by atoms with Crippen molar-refractivity contribution >= 4 is 11.9 Å². The van der Waals surface area contributed by atoms with Crippen molar-refractivity contribution in [3.8, 4) is 0 Å².